The lowest BCUT2D eigenvalue weighted by atomic mass is 10.3. The van der Waals surface area contributed by atoms with E-state index < -0.39 is 20.6 Å². The van der Waals surface area contributed by atoms with Gasteiger partial charge in [0.25, 0.3) is 0 Å². The summed E-state index contributed by atoms with van der Waals surface area (Å²) in [6.07, 6.45) is 6.41. The molecule has 0 aromatic rings. The van der Waals surface area contributed by atoms with E-state index in [1.54, 1.807) is 0 Å². The molecule has 0 unspecified atom stereocenters. The van der Waals surface area contributed by atoms with Gasteiger partial charge in [-0.25, -0.2) is 9.59 Å². The number of ether oxygens (including phenoxy) is 4. The van der Waals surface area contributed by atoms with Crippen molar-refractivity contribution in [3.63, 3.8) is 0 Å². The summed E-state index contributed by atoms with van der Waals surface area (Å²) in [5, 5.41) is 0. The molecule has 154 valence electrons. The molecule has 0 amide bonds. The molecule has 0 rings (SSSR count). The largest absolute Gasteiger partial charge is 0.513 e. The smallest absolute Gasteiger partial charge is 0.456 e. The second kappa shape index (κ2) is 16.6. The van der Waals surface area contributed by atoms with Gasteiger partial charge in [-0.3, -0.25) is 0 Å². The highest BCUT2D eigenvalue weighted by Gasteiger charge is 2.26. The SMILES string of the molecule is C=COC(=O)OCCCCC[Si](C)(CCCCCOC(=O)OC=C)O[Si]C. The molecule has 0 saturated carbocycles. The molecule has 0 saturated heterocycles. The van der Waals surface area contributed by atoms with E-state index in [2.05, 4.69) is 35.7 Å². The minimum atomic E-state index is -1.72. The second-order valence-electron chi connectivity index (χ2n) is 6.14. The lowest BCUT2D eigenvalue weighted by Gasteiger charge is -2.27. The third kappa shape index (κ3) is 15.2. The Morgan fingerprint density at radius 1 is 0.852 bits per heavy atom. The molecule has 0 aliphatic rings. The van der Waals surface area contributed by atoms with Gasteiger partial charge in [-0.1, -0.05) is 38.8 Å². The Balaban J connectivity index is 3.86. The average molecular weight is 417 g/mol. The van der Waals surface area contributed by atoms with Gasteiger partial charge in [-0.05, 0) is 38.0 Å². The zero-order chi connectivity index (χ0) is 20.4. The van der Waals surface area contributed by atoms with Crippen molar-refractivity contribution in [1.82, 2.24) is 0 Å². The molecule has 0 spiro atoms. The van der Waals surface area contributed by atoms with Gasteiger partial charge in [0, 0.05) is 0 Å². The van der Waals surface area contributed by atoms with Crippen molar-refractivity contribution in [2.24, 2.45) is 0 Å². The molecule has 9 heteroatoms. The Morgan fingerprint density at radius 2 is 1.30 bits per heavy atom. The van der Waals surface area contributed by atoms with Gasteiger partial charge < -0.3 is 23.1 Å². The highest BCUT2D eigenvalue weighted by Crippen LogP contribution is 2.23. The Kier molecular flexibility index (Phi) is 15.6. The van der Waals surface area contributed by atoms with Gasteiger partial charge in [0.05, 0.1) is 25.7 Å². The van der Waals surface area contributed by atoms with Crippen LogP contribution in [0.15, 0.2) is 25.7 Å². The third-order valence-corrected chi connectivity index (χ3v) is 9.46. The lowest BCUT2D eigenvalue weighted by Crippen LogP contribution is -2.35. The summed E-state index contributed by atoms with van der Waals surface area (Å²) in [4.78, 5) is 22.0. The minimum absolute atomic E-state index is 0.357. The van der Waals surface area contributed by atoms with Crippen LogP contribution in [0.2, 0.25) is 25.2 Å². The summed E-state index contributed by atoms with van der Waals surface area (Å²) < 4.78 is 24.9. The van der Waals surface area contributed by atoms with E-state index in [9.17, 15) is 9.59 Å². The first-order valence-corrected chi connectivity index (χ1v) is 13.4. The van der Waals surface area contributed by atoms with Crippen LogP contribution in [-0.2, 0) is 23.1 Å². The number of hydrogen-bond donors (Lipinski definition) is 0. The van der Waals surface area contributed by atoms with Crippen molar-refractivity contribution in [2.75, 3.05) is 13.2 Å². The van der Waals surface area contributed by atoms with Crippen LogP contribution >= 0.6 is 0 Å². The highest BCUT2D eigenvalue weighted by molar-refractivity contribution is 6.76. The fraction of sp³-hybridized carbons (Fsp3) is 0.667. The fourth-order valence-electron chi connectivity index (χ4n) is 2.54. The van der Waals surface area contributed by atoms with E-state index in [-0.39, 0.29) is 0 Å². The van der Waals surface area contributed by atoms with Crippen molar-refractivity contribution in [3.05, 3.63) is 25.7 Å². The number of rotatable bonds is 16. The highest BCUT2D eigenvalue weighted by atomic mass is 28.4. The van der Waals surface area contributed by atoms with Crippen LogP contribution in [0, 0.1) is 0 Å². The molecule has 0 aliphatic heterocycles. The number of carbonyl (C=O) groups is 2. The molecule has 0 bridgehead atoms. The van der Waals surface area contributed by atoms with Crippen molar-refractivity contribution < 1.29 is 32.7 Å². The van der Waals surface area contributed by atoms with E-state index in [0.717, 1.165) is 63.1 Å². The zero-order valence-corrected chi connectivity index (χ0v) is 18.5. The Hall–Kier alpha value is -1.59. The lowest BCUT2D eigenvalue weighted by molar-refractivity contribution is 0.0825. The van der Waals surface area contributed by atoms with Gasteiger partial charge in [0.2, 0.25) is 9.76 Å². The monoisotopic (exact) mass is 416 g/mol. The minimum Gasteiger partial charge on any atom is -0.456 e. The van der Waals surface area contributed by atoms with E-state index in [1.165, 1.54) is 0 Å². The molecule has 0 atom stereocenters. The molecule has 27 heavy (non-hydrogen) atoms. The van der Waals surface area contributed by atoms with Gasteiger partial charge in [0.15, 0.2) is 8.32 Å². The molecule has 0 aromatic heterocycles. The van der Waals surface area contributed by atoms with E-state index in [0.29, 0.717) is 23.0 Å². The standard InChI is InChI=1S/C18H32O7Si2/c1-5-21-17(19)23-13-9-7-11-15-27(4,25-26-3)16-12-8-10-14-24-18(20)22-6-2/h5-6H,1-2,7-16H2,3-4H3. The molecule has 0 N–H and O–H groups in total. The number of hydrogen-bond acceptors (Lipinski definition) is 7. The summed E-state index contributed by atoms with van der Waals surface area (Å²) in [7, 11) is -1.22. The van der Waals surface area contributed by atoms with Crippen molar-refractivity contribution in [2.45, 2.75) is 63.7 Å². The first-order chi connectivity index (χ1) is 13.0. The quantitative estimate of drug-likeness (QED) is 0.148. The van der Waals surface area contributed by atoms with Gasteiger partial charge in [0.1, 0.15) is 0 Å². The van der Waals surface area contributed by atoms with Crippen molar-refractivity contribution in [3.8, 4) is 0 Å². The Labute approximate surface area is 166 Å². The molecular weight excluding hydrogens is 384 g/mol. The predicted molar refractivity (Wildman–Crippen MR) is 107 cm³/mol. The summed E-state index contributed by atoms with van der Waals surface area (Å²) in [5.74, 6) is 0. The van der Waals surface area contributed by atoms with Crippen LogP contribution in [-0.4, -0.2) is 43.6 Å². The maximum absolute atomic E-state index is 11.0. The molecule has 0 aliphatic carbocycles. The van der Waals surface area contributed by atoms with E-state index >= 15 is 0 Å². The van der Waals surface area contributed by atoms with Crippen LogP contribution in [0.1, 0.15) is 38.5 Å². The maximum atomic E-state index is 11.0. The average Bonchev–Trinajstić information content (AvgIpc) is 2.62. The van der Waals surface area contributed by atoms with Crippen LogP contribution < -0.4 is 0 Å². The summed E-state index contributed by atoms with van der Waals surface area (Å²) in [6, 6.07) is 2.18. The number of unbranched alkanes of at least 4 members (excludes halogenated alkanes) is 4. The first-order valence-electron chi connectivity index (χ1n) is 9.21. The molecular formula is C18H32O7Si2. The third-order valence-electron chi connectivity index (χ3n) is 3.85. The maximum Gasteiger partial charge on any atom is 0.513 e. The topological polar surface area (TPSA) is 80.3 Å². The number of carbonyl (C=O) groups excluding carboxylic acids is 2. The van der Waals surface area contributed by atoms with E-state index in [1.807, 2.05) is 0 Å². The van der Waals surface area contributed by atoms with Crippen LogP contribution in [0.4, 0.5) is 9.59 Å². The molecule has 2 radical (unpaired) electrons. The first kappa shape index (κ1) is 25.4. The fourth-order valence-corrected chi connectivity index (χ4v) is 7.58. The van der Waals surface area contributed by atoms with Gasteiger partial charge in [-0.15, -0.1) is 0 Å². The molecule has 7 nitrogen and oxygen atoms in total. The Bertz CT molecular complexity index is 409. The molecule has 0 aromatic carbocycles. The van der Waals surface area contributed by atoms with Crippen LogP contribution in [0.25, 0.3) is 0 Å². The zero-order valence-electron chi connectivity index (χ0n) is 16.5. The van der Waals surface area contributed by atoms with Crippen molar-refractivity contribution in [1.29, 1.82) is 0 Å². The van der Waals surface area contributed by atoms with Crippen LogP contribution in [0.3, 0.4) is 0 Å². The van der Waals surface area contributed by atoms with Crippen LogP contribution in [0.5, 0.6) is 0 Å². The summed E-state index contributed by atoms with van der Waals surface area (Å²) in [5.41, 5.74) is 0. The normalized spacial score (nSPS) is 10.7. The summed E-state index contributed by atoms with van der Waals surface area (Å²) in [6.45, 7) is 11.6. The van der Waals surface area contributed by atoms with Gasteiger partial charge in [-0.2, -0.15) is 0 Å². The Morgan fingerprint density at radius 3 is 1.67 bits per heavy atom. The van der Waals surface area contributed by atoms with Crippen molar-refractivity contribution >= 4 is 30.4 Å². The van der Waals surface area contributed by atoms with E-state index in [4.69, 9.17) is 13.6 Å². The van der Waals surface area contributed by atoms with Gasteiger partial charge >= 0.3 is 12.3 Å². The molecule has 0 fully saturated rings. The predicted octanol–water partition coefficient (Wildman–Crippen LogP) is 5.18. The summed E-state index contributed by atoms with van der Waals surface area (Å²) >= 11 is 0. The molecule has 0 heterocycles. The second-order valence-corrected chi connectivity index (χ2v) is 11.3.